The zero-order valence-corrected chi connectivity index (χ0v) is 14.7. The van der Waals surface area contributed by atoms with Crippen molar-refractivity contribution in [2.75, 3.05) is 19.0 Å². The van der Waals surface area contributed by atoms with Crippen molar-refractivity contribution in [1.29, 1.82) is 0 Å². The highest BCUT2D eigenvalue weighted by Crippen LogP contribution is 2.36. The van der Waals surface area contributed by atoms with Crippen LogP contribution in [-0.4, -0.2) is 24.8 Å². The van der Waals surface area contributed by atoms with Crippen LogP contribution < -0.4 is 14.8 Å². The molecule has 2 aromatic rings. The molecule has 0 amide bonds. The summed E-state index contributed by atoms with van der Waals surface area (Å²) in [5, 5.41) is 12.8. The minimum Gasteiger partial charge on any atom is -0.493 e. The van der Waals surface area contributed by atoms with Gasteiger partial charge in [0.1, 0.15) is 0 Å². The maximum Gasteiger partial charge on any atom is 0.337 e. The number of ether oxygens (including phenoxy) is 2. The number of carbonyl (C=O) groups is 1. The molecular formula is C17H17Cl2NO4. The Kier molecular flexibility index (Phi) is 6.17. The molecule has 2 aromatic carbocycles. The third-order valence-corrected chi connectivity index (χ3v) is 3.87. The molecule has 0 saturated heterocycles. The molecule has 0 atom stereocenters. The highest BCUT2D eigenvalue weighted by atomic mass is 35.5. The van der Waals surface area contributed by atoms with Gasteiger partial charge in [0.15, 0.2) is 11.5 Å². The van der Waals surface area contributed by atoms with Crippen molar-refractivity contribution in [3.63, 3.8) is 0 Å². The average Bonchev–Trinajstić information content (AvgIpc) is 2.54. The van der Waals surface area contributed by atoms with Gasteiger partial charge >= 0.3 is 5.97 Å². The van der Waals surface area contributed by atoms with E-state index in [4.69, 9.17) is 37.8 Å². The molecular weight excluding hydrogens is 353 g/mol. The number of hydrogen-bond acceptors (Lipinski definition) is 4. The van der Waals surface area contributed by atoms with Crippen LogP contribution in [-0.2, 0) is 6.54 Å². The number of carboxylic acid groups (broad SMARTS) is 1. The molecule has 0 spiro atoms. The summed E-state index contributed by atoms with van der Waals surface area (Å²) in [5.41, 5.74) is 1.65. The third kappa shape index (κ3) is 4.24. The second-order valence-corrected chi connectivity index (χ2v) is 5.71. The lowest BCUT2D eigenvalue weighted by atomic mass is 10.1. The first-order valence-corrected chi connectivity index (χ1v) is 7.97. The summed E-state index contributed by atoms with van der Waals surface area (Å²) in [4.78, 5) is 11.0. The molecule has 0 aliphatic rings. The number of rotatable bonds is 7. The van der Waals surface area contributed by atoms with Crippen molar-refractivity contribution in [2.45, 2.75) is 13.5 Å². The molecule has 7 heteroatoms. The fourth-order valence-corrected chi connectivity index (χ4v) is 2.71. The Morgan fingerprint density at radius 3 is 2.54 bits per heavy atom. The van der Waals surface area contributed by atoms with Crippen LogP contribution >= 0.6 is 23.2 Å². The molecule has 0 aliphatic heterocycles. The molecule has 0 unspecified atom stereocenters. The molecule has 24 heavy (non-hydrogen) atoms. The number of benzene rings is 2. The fraction of sp³-hybridized carbons (Fsp3) is 0.235. The van der Waals surface area contributed by atoms with Crippen LogP contribution in [0.25, 0.3) is 0 Å². The van der Waals surface area contributed by atoms with Crippen LogP contribution in [0.4, 0.5) is 5.69 Å². The lowest BCUT2D eigenvalue weighted by Crippen LogP contribution is -2.03. The number of methoxy groups -OCH3 is 1. The lowest BCUT2D eigenvalue weighted by molar-refractivity contribution is 0.0697. The van der Waals surface area contributed by atoms with Crippen molar-refractivity contribution >= 4 is 34.9 Å². The summed E-state index contributed by atoms with van der Waals surface area (Å²) in [6.45, 7) is 2.82. The van der Waals surface area contributed by atoms with Gasteiger partial charge in [0.2, 0.25) is 0 Å². The second-order valence-electron chi connectivity index (χ2n) is 4.90. The van der Waals surface area contributed by atoms with Crippen molar-refractivity contribution in [3.8, 4) is 11.5 Å². The third-order valence-electron chi connectivity index (χ3n) is 3.27. The molecule has 128 valence electrons. The van der Waals surface area contributed by atoms with E-state index in [1.54, 1.807) is 25.3 Å². The average molecular weight is 370 g/mol. The Balaban J connectivity index is 2.16. The van der Waals surface area contributed by atoms with Gasteiger partial charge in [0, 0.05) is 12.2 Å². The molecule has 0 heterocycles. The zero-order chi connectivity index (χ0) is 17.7. The lowest BCUT2D eigenvalue weighted by Gasteiger charge is -2.14. The van der Waals surface area contributed by atoms with E-state index in [1.807, 2.05) is 13.0 Å². The largest absolute Gasteiger partial charge is 0.493 e. The van der Waals surface area contributed by atoms with Gasteiger partial charge in [0.25, 0.3) is 0 Å². The smallest absolute Gasteiger partial charge is 0.337 e. The van der Waals surface area contributed by atoms with E-state index in [0.29, 0.717) is 35.4 Å². The van der Waals surface area contributed by atoms with Gasteiger partial charge in [-0.15, -0.1) is 0 Å². The minimum absolute atomic E-state index is 0.0630. The Bertz CT molecular complexity index is 750. The highest BCUT2D eigenvalue weighted by Gasteiger charge is 2.12. The zero-order valence-electron chi connectivity index (χ0n) is 13.2. The van der Waals surface area contributed by atoms with Gasteiger partial charge in [-0.3, -0.25) is 0 Å². The molecule has 2 rings (SSSR count). The maximum atomic E-state index is 11.0. The summed E-state index contributed by atoms with van der Waals surface area (Å²) >= 11 is 12.2. The molecule has 5 nitrogen and oxygen atoms in total. The predicted octanol–water partition coefficient (Wildman–Crippen LogP) is 4.71. The van der Waals surface area contributed by atoms with Crippen molar-refractivity contribution in [1.82, 2.24) is 0 Å². The number of hydrogen-bond donors (Lipinski definition) is 2. The Morgan fingerprint density at radius 1 is 1.21 bits per heavy atom. The number of anilines is 1. The normalized spacial score (nSPS) is 10.3. The van der Waals surface area contributed by atoms with Gasteiger partial charge in [-0.05, 0) is 42.8 Å². The Morgan fingerprint density at radius 2 is 1.96 bits per heavy atom. The molecule has 0 fully saturated rings. The Labute approximate surface area is 150 Å². The number of halogens is 2. The first-order chi connectivity index (χ1) is 11.5. The van der Waals surface area contributed by atoms with Crippen molar-refractivity contribution in [3.05, 3.63) is 51.5 Å². The maximum absolute atomic E-state index is 11.0. The van der Waals surface area contributed by atoms with Crippen LogP contribution in [0.1, 0.15) is 22.8 Å². The van der Waals surface area contributed by atoms with Crippen LogP contribution in [0.3, 0.4) is 0 Å². The predicted molar refractivity (Wildman–Crippen MR) is 94.9 cm³/mol. The second kappa shape index (κ2) is 8.13. The van der Waals surface area contributed by atoms with E-state index in [9.17, 15) is 4.79 Å². The summed E-state index contributed by atoms with van der Waals surface area (Å²) in [6.07, 6.45) is 0. The van der Waals surface area contributed by atoms with Crippen LogP contribution in [0.5, 0.6) is 11.5 Å². The fourth-order valence-electron chi connectivity index (χ4n) is 2.16. The SMILES string of the molecule is CCOc1c(Cl)cc(CNc2ccc(C(=O)O)c(Cl)c2)cc1OC. The molecule has 2 N–H and O–H groups in total. The minimum atomic E-state index is -1.06. The van der Waals surface area contributed by atoms with Crippen molar-refractivity contribution < 1.29 is 19.4 Å². The number of carboxylic acids is 1. The van der Waals surface area contributed by atoms with Crippen molar-refractivity contribution in [2.24, 2.45) is 0 Å². The molecule has 0 bridgehead atoms. The standard InChI is InChI=1S/C17H17Cl2NO4/c1-3-24-16-14(19)6-10(7-15(16)23-2)9-20-11-4-5-12(17(21)22)13(18)8-11/h4-8,20H,3,9H2,1-2H3,(H,21,22). The summed E-state index contributed by atoms with van der Waals surface area (Å²) < 4.78 is 10.8. The van der Waals surface area contributed by atoms with Crippen LogP contribution in [0.2, 0.25) is 10.0 Å². The highest BCUT2D eigenvalue weighted by molar-refractivity contribution is 6.33. The van der Waals surface area contributed by atoms with Crippen LogP contribution in [0.15, 0.2) is 30.3 Å². The van der Waals surface area contributed by atoms with E-state index in [0.717, 1.165) is 5.56 Å². The summed E-state index contributed by atoms with van der Waals surface area (Å²) in [5.74, 6) is 0.00857. The van der Waals surface area contributed by atoms with E-state index < -0.39 is 5.97 Å². The van der Waals surface area contributed by atoms with E-state index in [1.165, 1.54) is 6.07 Å². The van der Waals surface area contributed by atoms with Gasteiger partial charge in [-0.25, -0.2) is 4.79 Å². The monoisotopic (exact) mass is 369 g/mol. The van der Waals surface area contributed by atoms with Gasteiger partial charge in [0.05, 0.1) is 29.3 Å². The topological polar surface area (TPSA) is 67.8 Å². The number of aromatic carboxylic acids is 1. The quantitative estimate of drug-likeness (QED) is 0.739. The van der Waals surface area contributed by atoms with E-state index in [2.05, 4.69) is 5.32 Å². The van der Waals surface area contributed by atoms with Gasteiger partial charge < -0.3 is 19.9 Å². The first kappa shape index (κ1) is 18.2. The van der Waals surface area contributed by atoms with Gasteiger partial charge in [-0.1, -0.05) is 23.2 Å². The van der Waals surface area contributed by atoms with Gasteiger partial charge in [-0.2, -0.15) is 0 Å². The summed E-state index contributed by atoms with van der Waals surface area (Å²) in [6, 6.07) is 8.30. The molecule has 0 aromatic heterocycles. The molecule has 0 aliphatic carbocycles. The van der Waals surface area contributed by atoms with E-state index in [-0.39, 0.29) is 10.6 Å². The van der Waals surface area contributed by atoms with Crippen LogP contribution in [0, 0.1) is 0 Å². The number of nitrogens with one attached hydrogen (secondary N) is 1. The Hall–Kier alpha value is -2.11. The van der Waals surface area contributed by atoms with E-state index >= 15 is 0 Å². The first-order valence-electron chi connectivity index (χ1n) is 7.22. The molecule has 0 radical (unpaired) electrons. The summed E-state index contributed by atoms with van der Waals surface area (Å²) in [7, 11) is 1.55. The molecule has 0 saturated carbocycles.